The van der Waals surface area contributed by atoms with E-state index >= 15 is 0 Å². The molecule has 0 spiro atoms. The minimum atomic E-state index is 0.624. The van der Waals surface area contributed by atoms with Gasteiger partial charge in [0, 0.05) is 25.2 Å². The maximum atomic E-state index is 6.25. The molecule has 18 heavy (non-hydrogen) atoms. The highest BCUT2D eigenvalue weighted by Gasteiger charge is 2.24. The van der Waals surface area contributed by atoms with Crippen LogP contribution in [0.5, 0.6) is 0 Å². The summed E-state index contributed by atoms with van der Waals surface area (Å²) < 4.78 is 1.75. The van der Waals surface area contributed by atoms with E-state index in [2.05, 4.69) is 24.3 Å². The van der Waals surface area contributed by atoms with E-state index < -0.39 is 0 Å². The van der Waals surface area contributed by atoms with Crippen LogP contribution in [0.4, 0.5) is 0 Å². The number of aromatic nitrogens is 2. The van der Waals surface area contributed by atoms with E-state index in [0.717, 1.165) is 34.8 Å². The Hall–Kier alpha value is -0.540. The second-order valence-corrected chi connectivity index (χ2v) is 6.33. The molecule has 1 fully saturated rings. The van der Waals surface area contributed by atoms with E-state index in [1.54, 1.807) is 4.68 Å². The minimum absolute atomic E-state index is 0.624. The molecule has 0 amide bonds. The van der Waals surface area contributed by atoms with Crippen LogP contribution in [0.15, 0.2) is 0 Å². The number of halogens is 1. The molecule has 3 nitrogen and oxygen atoms in total. The van der Waals surface area contributed by atoms with Crippen LogP contribution in [0.25, 0.3) is 0 Å². The average molecular weight is 270 g/mol. The number of rotatable bonds is 3. The van der Waals surface area contributed by atoms with Gasteiger partial charge in [0.2, 0.25) is 0 Å². The molecule has 2 unspecified atom stereocenters. The van der Waals surface area contributed by atoms with Crippen LogP contribution >= 0.6 is 11.6 Å². The molecule has 4 heteroatoms. The molecule has 0 bridgehead atoms. The maximum Gasteiger partial charge on any atom is 0.131 e. The Morgan fingerprint density at radius 1 is 1.28 bits per heavy atom. The van der Waals surface area contributed by atoms with Crippen LogP contribution in [0, 0.1) is 18.8 Å². The molecule has 1 aliphatic rings. The second kappa shape index (κ2) is 5.62. The first kappa shape index (κ1) is 13.9. The zero-order chi connectivity index (χ0) is 13.3. The molecular weight excluding hydrogens is 246 g/mol. The number of hydrogen-bond acceptors (Lipinski definition) is 2. The van der Waals surface area contributed by atoms with Gasteiger partial charge >= 0.3 is 0 Å². The Morgan fingerprint density at radius 2 is 1.89 bits per heavy atom. The van der Waals surface area contributed by atoms with Gasteiger partial charge in [0.15, 0.2) is 0 Å². The molecule has 1 heterocycles. The molecule has 102 valence electrons. The first-order chi connectivity index (χ1) is 8.47. The SMILES string of the molecule is Cc1nn(C)c(Cl)c1CNC1CC(C)CC(C)C1. The van der Waals surface area contributed by atoms with Crippen molar-refractivity contribution in [1.82, 2.24) is 15.1 Å². The quantitative estimate of drug-likeness (QED) is 0.913. The fourth-order valence-corrected chi connectivity index (χ4v) is 3.48. The molecule has 1 aliphatic carbocycles. The van der Waals surface area contributed by atoms with E-state index in [1.807, 2.05) is 14.0 Å². The van der Waals surface area contributed by atoms with Crippen molar-refractivity contribution >= 4 is 11.6 Å². The van der Waals surface area contributed by atoms with Crippen LogP contribution in [0.1, 0.15) is 44.4 Å². The van der Waals surface area contributed by atoms with Gasteiger partial charge in [0.05, 0.1) is 5.69 Å². The van der Waals surface area contributed by atoms with Crippen LogP contribution in [-0.4, -0.2) is 15.8 Å². The fourth-order valence-electron chi connectivity index (χ4n) is 3.23. The van der Waals surface area contributed by atoms with Crippen molar-refractivity contribution in [3.05, 3.63) is 16.4 Å². The lowest BCUT2D eigenvalue weighted by Gasteiger charge is -2.32. The Morgan fingerprint density at radius 3 is 2.39 bits per heavy atom. The molecule has 0 aliphatic heterocycles. The Bertz CT molecular complexity index is 403. The van der Waals surface area contributed by atoms with Crippen LogP contribution in [-0.2, 0) is 13.6 Å². The number of aryl methyl sites for hydroxylation is 2. The summed E-state index contributed by atoms with van der Waals surface area (Å²) in [6, 6.07) is 0.624. The third-order valence-corrected chi connectivity index (χ3v) is 4.49. The van der Waals surface area contributed by atoms with Crippen molar-refractivity contribution in [2.24, 2.45) is 18.9 Å². The summed E-state index contributed by atoms with van der Waals surface area (Å²) in [6.45, 7) is 7.57. The standard InChI is InChI=1S/C14H24ClN3/c1-9-5-10(2)7-12(6-9)16-8-13-11(3)17-18(4)14(13)15/h9-10,12,16H,5-8H2,1-4H3. The molecule has 0 saturated heterocycles. The van der Waals surface area contributed by atoms with Gasteiger partial charge < -0.3 is 5.32 Å². The van der Waals surface area contributed by atoms with Crippen LogP contribution in [0.3, 0.4) is 0 Å². The van der Waals surface area contributed by atoms with Gasteiger partial charge in [-0.25, -0.2) is 0 Å². The summed E-state index contributed by atoms with van der Waals surface area (Å²) in [5.74, 6) is 1.66. The van der Waals surface area contributed by atoms with Gasteiger partial charge in [-0.05, 0) is 38.0 Å². The summed E-state index contributed by atoms with van der Waals surface area (Å²) in [5.41, 5.74) is 2.18. The third-order valence-electron chi connectivity index (χ3n) is 4.02. The van der Waals surface area contributed by atoms with E-state index in [9.17, 15) is 0 Å². The van der Waals surface area contributed by atoms with Gasteiger partial charge in [-0.2, -0.15) is 5.10 Å². The lowest BCUT2D eigenvalue weighted by Crippen LogP contribution is -2.36. The summed E-state index contributed by atoms with van der Waals surface area (Å²) in [6.07, 6.45) is 3.92. The van der Waals surface area contributed by atoms with Crippen LogP contribution in [0.2, 0.25) is 5.15 Å². The lowest BCUT2D eigenvalue weighted by molar-refractivity contribution is 0.238. The number of nitrogens with zero attached hydrogens (tertiary/aromatic N) is 2. The first-order valence-corrected chi connectivity index (χ1v) is 7.26. The largest absolute Gasteiger partial charge is 0.310 e. The zero-order valence-corrected chi connectivity index (χ0v) is 12.6. The van der Waals surface area contributed by atoms with Gasteiger partial charge in [-0.1, -0.05) is 25.4 Å². The monoisotopic (exact) mass is 269 g/mol. The minimum Gasteiger partial charge on any atom is -0.310 e. The predicted octanol–water partition coefficient (Wildman–Crippen LogP) is 3.30. The highest BCUT2D eigenvalue weighted by atomic mass is 35.5. The van der Waals surface area contributed by atoms with Crippen molar-refractivity contribution in [3.63, 3.8) is 0 Å². The molecule has 0 aromatic carbocycles. The Kier molecular flexibility index (Phi) is 4.33. The summed E-state index contributed by atoms with van der Waals surface area (Å²) in [5, 5.41) is 8.77. The molecule has 1 saturated carbocycles. The normalized spacial score (nSPS) is 28.6. The molecule has 2 atom stereocenters. The molecule has 1 N–H and O–H groups in total. The highest BCUT2D eigenvalue weighted by molar-refractivity contribution is 6.30. The summed E-state index contributed by atoms with van der Waals surface area (Å²) >= 11 is 6.25. The highest BCUT2D eigenvalue weighted by Crippen LogP contribution is 2.29. The molecule has 0 radical (unpaired) electrons. The van der Waals surface area contributed by atoms with Gasteiger partial charge in [-0.3, -0.25) is 4.68 Å². The fraction of sp³-hybridized carbons (Fsp3) is 0.786. The molecular formula is C14H24ClN3. The first-order valence-electron chi connectivity index (χ1n) is 6.88. The Labute approximate surface area is 115 Å². The van der Waals surface area contributed by atoms with Crippen molar-refractivity contribution < 1.29 is 0 Å². The Balaban J connectivity index is 1.95. The molecule has 1 aromatic heterocycles. The predicted molar refractivity (Wildman–Crippen MR) is 75.8 cm³/mol. The van der Waals surface area contributed by atoms with E-state index in [1.165, 1.54) is 19.3 Å². The smallest absolute Gasteiger partial charge is 0.131 e. The summed E-state index contributed by atoms with van der Waals surface area (Å²) in [7, 11) is 1.89. The van der Waals surface area contributed by atoms with Crippen LogP contribution < -0.4 is 5.32 Å². The zero-order valence-electron chi connectivity index (χ0n) is 11.8. The van der Waals surface area contributed by atoms with Gasteiger partial charge in [-0.15, -0.1) is 0 Å². The van der Waals surface area contributed by atoms with E-state index in [-0.39, 0.29) is 0 Å². The lowest BCUT2D eigenvalue weighted by atomic mass is 9.80. The van der Waals surface area contributed by atoms with Crippen molar-refractivity contribution in [3.8, 4) is 0 Å². The van der Waals surface area contributed by atoms with Gasteiger partial charge in [0.25, 0.3) is 0 Å². The maximum absolute atomic E-state index is 6.25. The van der Waals surface area contributed by atoms with Crippen molar-refractivity contribution in [2.75, 3.05) is 0 Å². The topological polar surface area (TPSA) is 29.9 Å². The van der Waals surface area contributed by atoms with E-state index in [4.69, 9.17) is 11.6 Å². The average Bonchev–Trinajstić information content (AvgIpc) is 2.50. The van der Waals surface area contributed by atoms with Crippen molar-refractivity contribution in [2.45, 2.75) is 52.6 Å². The molecule has 2 rings (SSSR count). The molecule has 1 aromatic rings. The van der Waals surface area contributed by atoms with Crippen molar-refractivity contribution in [1.29, 1.82) is 0 Å². The number of hydrogen-bond donors (Lipinski definition) is 1. The third kappa shape index (κ3) is 3.07. The van der Waals surface area contributed by atoms with E-state index in [0.29, 0.717) is 6.04 Å². The summed E-state index contributed by atoms with van der Waals surface area (Å²) in [4.78, 5) is 0. The van der Waals surface area contributed by atoms with Gasteiger partial charge in [0.1, 0.15) is 5.15 Å². The second-order valence-electron chi connectivity index (χ2n) is 5.97. The number of nitrogens with one attached hydrogen (secondary N) is 1.